The lowest BCUT2D eigenvalue weighted by Gasteiger charge is -2.01. The van der Waals surface area contributed by atoms with Crippen molar-refractivity contribution in [2.45, 2.75) is 18.9 Å². The Bertz CT molecular complexity index is 454. The molecule has 1 aromatic carbocycles. The third kappa shape index (κ3) is 1.02. The third-order valence-corrected chi connectivity index (χ3v) is 2.65. The van der Waals surface area contributed by atoms with Gasteiger partial charge in [-0.3, -0.25) is 0 Å². The summed E-state index contributed by atoms with van der Waals surface area (Å²) in [5.74, 6) is 0.355. The van der Waals surface area contributed by atoms with Crippen LogP contribution in [0.2, 0.25) is 0 Å². The largest absolute Gasteiger partial charge is 0.508 e. The first-order valence-electron chi connectivity index (χ1n) is 4.64. The summed E-state index contributed by atoms with van der Waals surface area (Å²) in [7, 11) is 0. The first-order valence-corrected chi connectivity index (χ1v) is 4.64. The van der Waals surface area contributed by atoms with Crippen molar-refractivity contribution in [1.29, 1.82) is 0 Å². The van der Waals surface area contributed by atoms with Gasteiger partial charge in [-0.05, 0) is 36.4 Å². The minimum absolute atomic E-state index is 0.355. The Morgan fingerprint density at radius 2 is 2.08 bits per heavy atom. The highest BCUT2D eigenvalue weighted by Gasteiger charge is 2.24. The maximum atomic E-state index is 9.36. The Morgan fingerprint density at radius 1 is 1.23 bits per heavy atom. The van der Waals surface area contributed by atoms with Crippen LogP contribution in [0.15, 0.2) is 30.5 Å². The molecule has 1 N–H and O–H groups in total. The zero-order valence-corrected chi connectivity index (χ0v) is 7.27. The Morgan fingerprint density at radius 3 is 2.85 bits per heavy atom. The highest BCUT2D eigenvalue weighted by atomic mass is 16.3. The van der Waals surface area contributed by atoms with Crippen molar-refractivity contribution in [3.8, 4) is 5.75 Å². The van der Waals surface area contributed by atoms with Crippen LogP contribution < -0.4 is 0 Å². The number of phenolic OH excluding ortho intramolecular Hbond substituents is 1. The lowest BCUT2D eigenvalue weighted by Crippen LogP contribution is -1.89. The van der Waals surface area contributed by atoms with E-state index in [1.165, 1.54) is 18.2 Å². The minimum Gasteiger partial charge on any atom is -0.508 e. The van der Waals surface area contributed by atoms with Crippen molar-refractivity contribution in [2.75, 3.05) is 0 Å². The normalized spacial score (nSPS) is 16.6. The highest BCUT2D eigenvalue weighted by Crippen LogP contribution is 2.38. The van der Waals surface area contributed by atoms with Crippen LogP contribution in [0.1, 0.15) is 18.9 Å². The molecular weight excluding hydrogens is 162 g/mol. The second-order valence-corrected chi connectivity index (χ2v) is 3.70. The molecule has 0 radical (unpaired) electrons. The van der Waals surface area contributed by atoms with E-state index in [9.17, 15) is 5.11 Å². The molecule has 3 rings (SSSR count). The zero-order chi connectivity index (χ0) is 8.84. The van der Waals surface area contributed by atoms with Crippen LogP contribution in [-0.4, -0.2) is 9.67 Å². The molecule has 1 aromatic heterocycles. The van der Waals surface area contributed by atoms with Gasteiger partial charge in [-0.25, -0.2) is 0 Å². The van der Waals surface area contributed by atoms with Crippen molar-refractivity contribution in [2.24, 2.45) is 0 Å². The standard InChI is InChI=1S/C11H11NO/c13-10-4-1-8-5-6-12(9-2-3-9)11(8)7-10/h1,4-7,9,13H,2-3H2. The summed E-state index contributed by atoms with van der Waals surface area (Å²) in [5, 5.41) is 10.6. The maximum Gasteiger partial charge on any atom is 0.117 e. The average molecular weight is 173 g/mol. The van der Waals surface area contributed by atoms with E-state index in [-0.39, 0.29) is 0 Å². The lowest BCUT2D eigenvalue weighted by atomic mass is 10.2. The van der Waals surface area contributed by atoms with E-state index >= 15 is 0 Å². The molecule has 0 saturated heterocycles. The van der Waals surface area contributed by atoms with Gasteiger partial charge >= 0.3 is 0 Å². The second kappa shape index (κ2) is 2.28. The number of aromatic nitrogens is 1. The SMILES string of the molecule is Oc1ccc2ccn(C3CC3)c2c1. The van der Waals surface area contributed by atoms with Gasteiger partial charge < -0.3 is 9.67 Å². The van der Waals surface area contributed by atoms with Gasteiger partial charge in [0.2, 0.25) is 0 Å². The van der Waals surface area contributed by atoms with E-state index < -0.39 is 0 Å². The van der Waals surface area contributed by atoms with Gasteiger partial charge in [-0.2, -0.15) is 0 Å². The monoisotopic (exact) mass is 173 g/mol. The number of hydrogen-bond donors (Lipinski definition) is 1. The number of rotatable bonds is 1. The van der Waals surface area contributed by atoms with E-state index in [0.29, 0.717) is 11.8 Å². The molecule has 1 aliphatic carbocycles. The number of nitrogens with zero attached hydrogens (tertiary/aromatic N) is 1. The molecule has 0 aliphatic heterocycles. The number of benzene rings is 1. The van der Waals surface area contributed by atoms with Crippen molar-refractivity contribution < 1.29 is 5.11 Å². The maximum absolute atomic E-state index is 9.36. The number of hydrogen-bond acceptors (Lipinski definition) is 1. The summed E-state index contributed by atoms with van der Waals surface area (Å²) < 4.78 is 2.26. The Balaban J connectivity index is 2.29. The molecule has 2 heteroatoms. The first kappa shape index (κ1) is 7.01. The molecule has 13 heavy (non-hydrogen) atoms. The van der Waals surface area contributed by atoms with Crippen molar-refractivity contribution in [3.63, 3.8) is 0 Å². The van der Waals surface area contributed by atoms with Gasteiger partial charge in [-0.1, -0.05) is 0 Å². The average Bonchev–Trinajstić information content (AvgIpc) is 2.87. The molecule has 1 fully saturated rings. The molecule has 2 aromatic rings. The smallest absolute Gasteiger partial charge is 0.117 e. The van der Waals surface area contributed by atoms with Crippen LogP contribution >= 0.6 is 0 Å². The van der Waals surface area contributed by atoms with Gasteiger partial charge in [0.15, 0.2) is 0 Å². The molecule has 66 valence electrons. The quantitative estimate of drug-likeness (QED) is 0.704. The van der Waals surface area contributed by atoms with Crippen LogP contribution in [0.4, 0.5) is 0 Å². The van der Waals surface area contributed by atoms with Gasteiger partial charge in [0, 0.05) is 18.3 Å². The fourth-order valence-electron chi connectivity index (χ4n) is 1.81. The van der Waals surface area contributed by atoms with Crippen LogP contribution in [0.25, 0.3) is 10.9 Å². The highest BCUT2D eigenvalue weighted by molar-refractivity contribution is 5.81. The predicted octanol–water partition coefficient (Wildman–Crippen LogP) is 2.68. The fourth-order valence-corrected chi connectivity index (χ4v) is 1.81. The van der Waals surface area contributed by atoms with E-state index in [2.05, 4.69) is 16.8 Å². The molecule has 2 nitrogen and oxygen atoms in total. The van der Waals surface area contributed by atoms with Gasteiger partial charge in [0.1, 0.15) is 5.75 Å². The molecule has 0 atom stereocenters. The Hall–Kier alpha value is -1.44. The fraction of sp³-hybridized carbons (Fsp3) is 0.273. The summed E-state index contributed by atoms with van der Waals surface area (Å²) in [6.45, 7) is 0. The summed E-state index contributed by atoms with van der Waals surface area (Å²) in [4.78, 5) is 0. The van der Waals surface area contributed by atoms with Gasteiger partial charge in [0.25, 0.3) is 0 Å². The molecule has 1 heterocycles. The number of phenols is 1. The Labute approximate surface area is 76.4 Å². The summed E-state index contributed by atoms with van der Waals surface area (Å²) in [5.41, 5.74) is 1.16. The molecule has 0 spiro atoms. The van der Waals surface area contributed by atoms with Crippen molar-refractivity contribution in [1.82, 2.24) is 4.57 Å². The lowest BCUT2D eigenvalue weighted by molar-refractivity contribution is 0.476. The van der Waals surface area contributed by atoms with Crippen LogP contribution in [0.3, 0.4) is 0 Å². The second-order valence-electron chi connectivity index (χ2n) is 3.70. The molecule has 0 amide bonds. The summed E-state index contributed by atoms with van der Waals surface area (Å²) in [6.07, 6.45) is 4.67. The molecule has 1 aliphatic rings. The van der Waals surface area contributed by atoms with Crippen molar-refractivity contribution >= 4 is 10.9 Å². The first-order chi connectivity index (χ1) is 6.34. The van der Waals surface area contributed by atoms with E-state index in [1.807, 2.05) is 12.1 Å². The van der Waals surface area contributed by atoms with Crippen LogP contribution in [0, 0.1) is 0 Å². The van der Waals surface area contributed by atoms with E-state index in [0.717, 1.165) is 5.52 Å². The number of fused-ring (bicyclic) bond motifs is 1. The van der Waals surface area contributed by atoms with Crippen LogP contribution in [0.5, 0.6) is 5.75 Å². The summed E-state index contributed by atoms with van der Waals surface area (Å²) >= 11 is 0. The number of aromatic hydroxyl groups is 1. The van der Waals surface area contributed by atoms with E-state index in [1.54, 1.807) is 6.07 Å². The van der Waals surface area contributed by atoms with Crippen LogP contribution in [-0.2, 0) is 0 Å². The predicted molar refractivity (Wildman–Crippen MR) is 51.9 cm³/mol. The van der Waals surface area contributed by atoms with Gasteiger partial charge in [-0.15, -0.1) is 0 Å². The van der Waals surface area contributed by atoms with Crippen molar-refractivity contribution in [3.05, 3.63) is 30.5 Å². The van der Waals surface area contributed by atoms with Gasteiger partial charge in [0.05, 0.1) is 5.52 Å². The molecule has 0 bridgehead atoms. The zero-order valence-electron chi connectivity index (χ0n) is 7.27. The van der Waals surface area contributed by atoms with E-state index in [4.69, 9.17) is 0 Å². The Kier molecular flexibility index (Phi) is 1.23. The molecular formula is C11H11NO. The summed E-state index contributed by atoms with van der Waals surface area (Å²) in [6, 6.07) is 8.32. The topological polar surface area (TPSA) is 25.2 Å². The minimum atomic E-state index is 0.355. The molecule has 1 saturated carbocycles. The molecule has 0 unspecified atom stereocenters. The third-order valence-electron chi connectivity index (χ3n) is 2.65.